The van der Waals surface area contributed by atoms with Gasteiger partial charge in [-0.25, -0.2) is 0 Å². The van der Waals surface area contributed by atoms with Crippen molar-refractivity contribution in [3.05, 3.63) is 39.8 Å². The minimum atomic E-state index is -0.904. The second-order valence-corrected chi connectivity index (χ2v) is 6.41. The predicted octanol–water partition coefficient (Wildman–Crippen LogP) is 1.27. The van der Waals surface area contributed by atoms with Crippen LogP contribution in [0.15, 0.2) is 23.1 Å². The highest BCUT2D eigenvalue weighted by Gasteiger charge is 2.33. The van der Waals surface area contributed by atoms with E-state index in [1.54, 1.807) is 25.4 Å². The van der Waals surface area contributed by atoms with Gasteiger partial charge in [-0.15, -0.1) is 0 Å². The summed E-state index contributed by atoms with van der Waals surface area (Å²) in [4.78, 5) is 28.8. The lowest BCUT2D eigenvalue weighted by atomic mass is 9.79. The number of pyridine rings is 2. The van der Waals surface area contributed by atoms with Crippen molar-refractivity contribution in [1.82, 2.24) is 9.55 Å². The number of carbonyl (C=O) groups is 1. The third-order valence-electron chi connectivity index (χ3n) is 4.79. The molecule has 2 heterocycles. The Balaban J connectivity index is 2.25. The van der Waals surface area contributed by atoms with E-state index in [0.717, 1.165) is 19.3 Å². The van der Waals surface area contributed by atoms with E-state index in [0.29, 0.717) is 29.4 Å². The molecule has 2 aromatic rings. The molecule has 0 atom stereocenters. The summed E-state index contributed by atoms with van der Waals surface area (Å²) in [6, 6.07) is 3.52. The van der Waals surface area contributed by atoms with Crippen molar-refractivity contribution in [3.63, 3.8) is 0 Å². The van der Waals surface area contributed by atoms with E-state index in [-0.39, 0.29) is 12.0 Å². The van der Waals surface area contributed by atoms with Crippen LogP contribution in [0.2, 0.25) is 0 Å². The quantitative estimate of drug-likeness (QED) is 0.891. The van der Waals surface area contributed by atoms with Crippen LogP contribution in [-0.4, -0.2) is 26.2 Å². The van der Waals surface area contributed by atoms with E-state index in [4.69, 9.17) is 5.73 Å². The topological polar surface area (TPSA) is 98.2 Å². The highest BCUT2D eigenvalue weighted by atomic mass is 16.3. The van der Waals surface area contributed by atoms with E-state index < -0.39 is 17.1 Å². The fraction of sp³-hybridized carbons (Fsp3) is 0.471. The molecular formula is C17H21N3O3. The molecule has 0 radical (unpaired) electrons. The Labute approximate surface area is 133 Å². The van der Waals surface area contributed by atoms with Crippen LogP contribution in [0.4, 0.5) is 0 Å². The van der Waals surface area contributed by atoms with Gasteiger partial charge < -0.3 is 15.4 Å². The molecule has 1 amide bonds. The van der Waals surface area contributed by atoms with Crippen LogP contribution >= 0.6 is 0 Å². The molecule has 1 fully saturated rings. The minimum Gasteiger partial charge on any atom is -0.390 e. The molecule has 1 saturated carbocycles. The molecule has 0 saturated heterocycles. The Morgan fingerprint density at radius 2 is 2.09 bits per heavy atom. The molecule has 2 aromatic heterocycles. The number of hydrogen-bond acceptors (Lipinski definition) is 4. The predicted molar refractivity (Wildman–Crippen MR) is 87.2 cm³/mol. The Bertz CT molecular complexity index is 820. The molecule has 0 aliphatic heterocycles. The lowest BCUT2D eigenvalue weighted by Gasteiger charge is -2.32. The first-order valence-electron chi connectivity index (χ1n) is 7.92. The summed E-state index contributed by atoms with van der Waals surface area (Å²) < 4.78 is 1.39. The summed E-state index contributed by atoms with van der Waals surface area (Å²) in [6.45, 7) is 0. The lowest BCUT2D eigenvalue weighted by molar-refractivity contribution is 0.00459. The first-order valence-corrected chi connectivity index (χ1v) is 7.92. The van der Waals surface area contributed by atoms with Crippen LogP contribution in [0, 0.1) is 0 Å². The van der Waals surface area contributed by atoms with Crippen LogP contribution in [0.5, 0.6) is 0 Å². The largest absolute Gasteiger partial charge is 0.390 e. The Morgan fingerprint density at radius 3 is 2.74 bits per heavy atom. The maximum Gasteiger partial charge on any atom is 0.264 e. The summed E-state index contributed by atoms with van der Waals surface area (Å²) in [6.07, 6.45) is 6.15. The van der Waals surface area contributed by atoms with Gasteiger partial charge in [0.1, 0.15) is 5.56 Å². The second kappa shape index (κ2) is 5.77. The number of rotatable bonds is 3. The number of amides is 1. The van der Waals surface area contributed by atoms with E-state index >= 15 is 0 Å². The molecule has 3 N–H and O–H groups in total. The van der Waals surface area contributed by atoms with Crippen molar-refractivity contribution in [2.75, 3.05) is 0 Å². The van der Waals surface area contributed by atoms with Crippen LogP contribution in [0.3, 0.4) is 0 Å². The highest BCUT2D eigenvalue weighted by molar-refractivity contribution is 5.98. The van der Waals surface area contributed by atoms with Gasteiger partial charge >= 0.3 is 0 Å². The number of aryl methyl sites for hydroxylation is 1. The molecule has 122 valence electrons. The summed E-state index contributed by atoms with van der Waals surface area (Å²) in [5.74, 6) is -0.771. The number of hydrogen-bond donors (Lipinski definition) is 2. The molecule has 0 bridgehead atoms. The van der Waals surface area contributed by atoms with Gasteiger partial charge in [-0.2, -0.15) is 0 Å². The smallest absolute Gasteiger partial charge is 0.264 e. The average Bonchev–Trinajstić information content (AvgIpc) is 2.52. The summed E-state index contributed by atoms with van der Waals surface area (Å²) in [5.41, 5.74) is 5.73. The SMILES string of the molecule is Cn1c(=O)c(C(N)=O)c(CC2(O)CCCCC2)c2ncccc21. The van der Waals surface area contributed by atoms with E-state index in [2.05, 4.69) is 4.98 Å². The first-order chi connectivity index (χ1) is 10.9. The fourth-order valence-corrected chi connectivity index (χ4v) is 3.57. The molecule has 1 aliphatic carbocycles. The van der Waals surface area contributed by atoms with Crippen LogP contribution in [0.1, 0.15) is 48.0 Å². The van der Waals surface area contributed by atoms with Crippen molar-refractivity contribution in [2.45, 2.75) is 44.1 Å². The van der Waals surface area contributed by atoms with Crippen molar-refractivity contribution in [2.24, 2.45) is 12.8 Å². The standard InChI is InChI=1S/C17H21N3O3/c1-20-12-6-5-9-19-14(12)11(13(15(18)21)16(20)22)10-17(23)7-3-2-4-8-17/h5-6,9,23H,2-4,7-8,10H2,1H3,(H2,18,21). The molecule has 23 heavy (non-hydrogen) atoms. The van der Waals surface area contributed by atoms with Gasteiger partial charge in [0.05, 0.1) is 16.6 Å². The van der Waals surface area contributed by atoms with Gasteiger partial charge in [0.25, 0.3) is 11.5 Å². The number of fused-ring (bicyclic) bond motifs is 1. The van der Waals surface area contributed by atoms with E-state index in [1.165, 1.54) is 4.57 Å². The highest BCUT2D eigenvalue weighted by Crippen LogP contribution is 2.33. The Hall–Kier alpha value is -2.21. The zero-order chi connectivity index (χ0) is 16.6. The molecule has 0 aromatic carbocycles. The molecule has 6 nitrogen and oxygen atoms in total. The number of nitrogens with zero attached hydrogens (tertiary/aromatic N) is 2. The summed E-state index contributed by atoms with van der Waals surface area (Å²) in [7, 11) is 1.60. The maximum absolute atomic E-state index is 12.5. The minimum absolute atomic E-state index is 0.0577. The monoisotopic (exact) mass is 315 g/mol. The van der Waals surface area contributed by atoms with E-state index in [9.17, 15) is 14.7 Å². The zero-order valence-electron chi connectivity index (χ0n) is 13.2. The molecule has 0 spiro atoms. The number of aromatic nitrogens is 2. The van der Waals surface area contributed by atoms with Crippen LogP contribution in [0.25, 0.3) is 11.0 Å². The normalized spacial score (nSPS) is 17.3. The second-order valence-electron chi connectivity index (χ2n) is 6.41. The van der Waals surface area contributed by atoms with Gasteiger partial charge in [0.2, 0.25) is 0 Å². The number of nitrogens with two attached hydrogens (primary N) is 1. The van der Waals surface area contributed by atoms with Gasteiger partial charge in [-0.05, 0) is 25.0 Å². The molecule has 0 unspecified atom stereocenters. The lowest BCUT2D eigenvalue weighted by Crippen LogP contribution is -2.37. The van der Waals surface area contributed by atoms with Gasteiger partial charge in [-0.1, -0.05) is 19.3 Å². The summed E-state index contributed by atoms with van der Waals surface area (Å²) in [5, 5.41) is 10.9. The Kier molecular flexibility index (Phi) is 3.93. The van der Waals surface area contributed by atoms with Crippen LogP contribution in [-0.2, 0) is 13.5 Å². The van der Waals surface area contributed by atoms with E-state index in [1.807, 2.05) is 0 Å². The first kappa shape index (κ1) is 15.7. The van der Waals surface area contributed by atoms with Gasteiger partial charge in [0.15, 0.2) is 0 Å². The zero-order valence-corrected chi connectivity index (χ0v) is 13.2. The molecular weight excluding hydrogens is 294 g/mol. The van der Waals surface area contributed by atoms with Crippen LogP contribution < -0.4 is 11.3 Å². The summed E-state index contributed by atoms with van der Waals surface area (Å²) >= 11 is 0. The van der Waals surface area contributed by atoms with Crippen molar-refractivity contribution < 1.29 is 9.90 Å². The number of carbonyl (C=O) groups excluding carboxylic acids is 1. The molecule has 6 heteroatoms. The average molecular weight is 315 g/mol. The third-order valence-corrected chi connectivity index (χ3v) is 4.79. The van der Waals surface area contributed by atoms with Gasteiger partial charge in [-0.3, -0.25) is 14.6 Å². The van der Waals surface area contributed by atoms with Gasteiger partial charge in [0, 0.05) is 25.2 Å². The molecule has 3 rings (SSSR count). The van der Waals surface area contributed by atoms with Crippen molar-refractivity contribution >= 4 is 16.9 Å². The third kappa shape index (κ3) is 2.74. The molecule has 1 aliphatic rings. The maximum atomic E-state index is 12.5. The van der Waals surface area contributed by atoms with Crippen molar-refractivity contribution in [1.29, 1.82) is 0 Å². The number of aliphatic hydroxyl groups is 1. The number of primary amides is 1. The fourth-order valence-electron chi connectivity index (χ4n) is 3.57. The van der Waals surface area contributed by atoms with Crippen molar-refractivity contribution in [3.8, 4) is 0 Å². The Morgan fingerprint density at radius 1 is 1.39 bits per heavy atom.